The highest BCUT2D eigenvalue weighted by atomic mass is 32.1. The third-order valence-corrected chi connectivity index (χ3v) is 5.81. The fraction of sp³-hybridized carbons (Fsp3) is 0.474. The van der Waals surface area contributed by atoms with Crippen LogP contribution in [0.3, 0.4) is 0 Å². The lowest BCUT2D eigenvalue weighted by Crippen LogP contribution is -2.25. The molecule has 2 aromatic rings. The Balaban J connectivity index is 1.85. The predicted molar refractivity (Wildman–Crippen MR) is 93.3 cm³/mol. The maximum atomic E-state index is 13.4. The number of hydrogen-bond acceptors (Lipinski definition) is 2. The Kier molecular flexibility index (Phi) is 4.32. The van der Waals surface area contributed by atoms with E-state index in [4.69, 9.17) is 0 Å². The summed E-state index contributed by atoms with van der Waals surface area (Å²) in [6, 6.07) is 12.5. The Morgan fingerprint density at radius 2 is 1.87 bits per heavy atom. The molecular formula is C19H23F2NS. The lowest BCUT2D eigenvalue weighted by atomic mass is 9.95. The maximum Gasteiger partial charge on any atom is 0.261 e. The molecule has 1 fully saturated rings. The van der Waals surface area contributed by atoms with E-state index in [-0.39, 0.29) is 18.4 Å². The molecule has 0 N–H and O–H groups in total. The van der Waals surface area contributed by atoms with Gasteiger partial charge in [0.2, 0.25) is 0 Å². The third kappa shape index (κ3) is 3.81. The van der Waals surface area contributed by atoms with Crippen LogP contribution in [0.25, 0.3) is 10.4 Å². The Labute approximate surface area is 140 Å². The molecule has 0 unspecified atom stereocenters. The first-order valence-corrected chi connectivity index (χ1v) is 8.85. The molecule has 1 aromatic heterocycles. The van der Waals surface area contributed by atoms with Crippen molar-refractivity contribution in [3.05, 3.63) is 46.8 Å². The summed E-state index contributed by atoms with van der Waals surface area (Å²) in [5, 5.41) is 0. The van der Waals surface area contributed by atoms with E-state index in [1.54, 1.807) is 11.3 Å². The van der Waals surface area contributed by atoms with Gasteiger partial charge in [-0.3, -0.25) is 4.90 Å². The highest BCUT2D eigenvalue weighted by Crippen LogP contribution is 2.37. The van der Waals surface area contributed by atoms with E-state index < -0.39 is 5.92 Å². The van der Waals surface area contributed by atoms with Gasteiger partial charge >= 0.3 is 0 Å². The van der Waals surface area contributed by atoms with Gasteiger partial charge in [0.1, 0.15) is 0 Å². The van der Waals surface area contributed by atoms with Crippen LogP contribution in [-0.2, 0) is 12.0 Å². The van der Waals surface area contributed by atoms with Crippen LogP contribution >= 0.6 is 11.3 Å². The number of hydrogen-bond donors (Lipinski definition) is 0. The van der Waals surface area contributed by atoms with E-state index in [2.05, 4.69) is 45.0 Å². The van der Waals surface area contributed by atoms with Crippen LogP contribution in [0.5, 0.6) is 0 Å². The minimum atomic E-state index is -2.53. The molecule has 23 heavy (non-hydrogen) atoms. The van der Waals surface area contributed by atoms with Crippen LogP contribution in [0.2, 0.25) is 0 Å². The first-order chi connectivity index (χ1) is 10.7. The molecule has 1 aliphatic heterocycles. The summed E-state index contributed by atoms with van der Waals surface area (Å²) >= 11 is 1.80. The van der Waals surface area contributed by atoms with Crippen LogP contribution < -0.4 is 0 Å². The van der Waals surface area contributed by atoms with Gasteiger partial charge in [0.15, 0.2) is 0 Å². The van der Waals surface area contributed by atoms with E-state index in [0.29, 0.717) is 13.1 Å². The molecule has 0 atom stereocenters. The second-order valence-corrected chi connectivity index (χ2v) is 8.47. The topological polar surface area (TPSA) is 3.24 Å². The fourth-order valence-corrected chi connectivity index (χ4v) is 4.09. The summed E-state index contributed by atoms with van der Waals surface area (Å²) in [7, 11) is 0. The molecule has 1 saturated heterocycles. The van der Waals surface area contributed by atoms with Crippen LogP contribution in [0.15, 0.2) is 36.4 Å². The lowest BCUT2D eigenvalue weighted by Gasteiger charge is -2.18. The summed E-state index contributed by atoms with van der Waals surface area (Å²) in [5.74, 6) is -2.53. The minimum absolute atomic E-state index is 0.0255. The zero-order chi connectivity index (χ0) is 16.7. The number of alkyl halides is 2. The largest absolute Gasteiger partial charge is 0.293 e. The molecule has 2 heterocycles. The highest BCUT2D eigenvalue weighted by Gasteiger charge is 2.38. The number of halogens is 2. The zero-order valence-electron chi connectivity index (χ0n) is 13.9. The van der Waals surface area contributed by atoms with Gasteiger partial charge in [-0.05, 0) is 28.7 Å². The van der Waals surface area contributed by atoms with Gasteiger partial charge in [-0.1, -0.05) is 45.0 Å². The van der Waals surface area contributed by atoms with Crippen molar-refractivity contribution in [2.75, 3.05) is 13.1 Å². The first-order valence-electron chi connectivity index (χ1n) is 8.03. The lowest BCUT2D eigenvalue weighted by molar-refractivity contribution is 0.0115. The van der Waals surface area contributed by atoms with Crippen molar-refractivity contribution in [1.82, 2.24) is 4.90 Å². The number of likely N-dealkylation sites (tertiary alicyclic amines) is 1. The van der Waals surface area contributed by atoms with Crippen LogP contribution in [0.4, 0.5) is 8.78 Å². The van der Waals surface area contributed by atoms with Crippen molar-refractivity contribution >= 4 is 11.3 Å². The molecule has 0 aliphatic carbocycles. The molecule has 0 saturated carbocycles. The van der Waals surface area contributed by atoms with Gasteiger partial charge in [0.05, 0.1) is 6.54 Å². The van der Waals surface area contributed by atoms with Crippen molar-refractivity contribution < 1.29 is 8.78 Å². The number of rotatable bonds is 3. The van der Waals surface area contributed by atoms with Crippen molar-refractivity contribution in [2.45, 2.75) is 45.1 Å². The van der Waals surface area contributed by atoms with E-state index in [9.17, 15) is 8.78 Å². The molecule has 0 radical (unpaired) electrons. The summed E-state index contributed by atoms with van der Waals surface area (Å²) in [6.45, 7) is 7.56. The molecule has 4 heteroatoms. The minimum Gasteiger partial charge on any atom is -0.293 e. The van der Waals surface area contributed by atoms with Gasteiger partial charge in [-0.25, -0.2) is 8.78 Å². The Bertz CT molecular complexity index is 685. The third-order valence-electron chi connectivity index (χ3n) is 4.27. The highest BCUT2D eigenvalue weighted by molar-refractivity contribution is 7.15. The van der Waals surface area contributed by atoms with Crippen LogP contribution in [-0.4, -0.2) is 23.9 Å². The van der Waals surface area contributed by atoms with Crippen molar-refractivity contribution in [2.24, 2.45) is 0 Å². The second kappa shape index (κ2) is 5.99. The monoisotopic (exact) mass is 335 g/mol. The van der Waals surface area contributed by atoms with E-state index in [1.165, 1.54) is 15.3 Å². The zero-order valence-corrected chi connectivity index (χ0v) is 14.7. The molecule has 0 amide bonds. The molecule has 0 spiro atoms. The molecule has 1 aromatic carbocycles. The molecule has 1 nitrogen and oxygen atoms in total. The standard InChI is InChI=1S/C19H23F2NS/c1-18(2,3)17-9-8-16(23-17)15-7-5-4-6-14(15)12-22-11-10-19(20,21)13-22/h4-9H,10-13H2,1-3H3. The summed E-state index contributed by atoms with van der Waals surface area (Å²) in [5.41, 5.74) is 2.44. The van der Waals surface area contributed by atoms with Gasteiger partial charge in [0.25, 0.3) is 5.92 Å². The SMILES string of the molecule is CC(C)(C)c1ccc(-c2ccccc2CN2CCC(F)(F)C2)s1. The molecule has 124 valence electrons. The summed E-state index contributed by atoms with van der Waals surface area (Å²) < 4.78 is 26.8. The van der Waals surface area contributed by atoms with Crippen molar-refractivity contribution in [1.29, 1.82) is 0 Å². The predicted octanol–water partition coefficient (Wildman–Crippen LogP) is 5.55. The first kappa shape index (κ1) is 16.6. The normalized spacial score (nSPS) is 18.5. The second-order valence-electron chi connectivity index (χ2n) is 7.39. The van der Waals surface area contributed by atoms with Crippen molar-refractivity contribution in [3.8, 4) is 10.4 Å². The van der Waals surface area contributed by atoms with Gasteiger partial charge in [-0.2, -0.15) is 0 Å². The summed E-state index contributed by atoms with van der Waals surface area (Å²) in [6.07, 6.45) is -0.0255. The fourth-order valence-electron chi connectivity index (χ4n) is 2.97. The average molecular weight is 335 g/mol. The molecule has 0 bridgehead atoms. The number of benzene rings is 1. The van der Waals surface area contributed by atoms with Gasteiger partial charge in [-0.15, -0.1) is 11.3 Å². The quantitative estimate of drug-likeness (QED) is 0.710. The van der Waals surface area contributed by atoms with E-state index in [1.807, 2.05) is 17.0 Å². The molecule has 1 aliphatic rings. The van der Waals surface area contributed by atoms with E-state index >= 15 is 0 Å². The van der Waals surface area contributed by atoms with Gasteiger partial charge in [0, 0.05) is 29.3 Å². The Hall–Kier alpha value is -1.26. The average Bonchev–Trinajstić information content (AvgIpc) is 3.06. The smallest absolute Gasteiger partial charge is 0.261 e. The van der Waals surface area contributed by atoms with E-state index in [0.717, 1.165) is 5.56 Å². The van der Waals surface area contributed by atoms with Crippen molar-refractivity contribution in [3.63, 3.8) is 0 Å². The molecular weight excluding hydrogens is 312 g/mol. The number of nitrogens with zero attached hydrogens (tertiary/aromatic N) is 1. The summed E-state index contributed by atoms with van der Waals surface area (Å²) in [4.78, 5) is 4.42. The van der Waals surface area contributed by atoms with Gasteiger partial charge < -0.3 is 0 Å². The maximum absolute atomic E-state index is 13.4. The Morgan fingerprint density at radius 3 is 2.48 bits per heavy atom. The van der Waals surface area contributed by atoms with Crippen LogP contribution in [0.1, 0.15) is 37.6 Å². The number of thiophene rings is 1. The molecule has 3 rings (SSSR count). The van der Waals surface area contributed by atoms with Crippen LogP contribution in [0, 0.1) is 0 Å². The Morgan fingerprint density at radius 1 is 1.13 bits per heavy atom.